The molecule has 1 N–H and O–H groups in total. The molecule has 0 spiro atoms. The number of carbonyl (C=O) groups is 1. The van der Waals surface area contributed by atoms with E-state index in [1.165, 1.54) is 18.2 Å². The van der Waals surface area contributed by atoms with Crippen molar-refractivity contribution in [1.29, 1.82) is 0 Å². The molecule has 1 amide bonds. The van der Waals surface area contributed by atoms with Gasteiger partial charge in [0.05, 0.1) is 4.92 Å². The zero-order chi connectivity index (χ0) is 14.7. The topological polar surface area (TPSA) is 72.2 Å². The first-order chi connectivity index (χ1) is 9.47. The fourth-order valence-electron chi connectivity index (χ4n) is 1.51. The highest BCUT2D eigenvalue weighted by Gasteiger charge is 2.20. The third kappa shape index (κ3) is 3.31. The summed E-state index contributed by atoms with van der Waals surface area (Å²) in [6.07, 6.45) is 0. The maximum absolute atomic E-state index is 13.0. The molecule has 0 bridgehead atoms. The first-order valence-electron chi connectivity index (χ1n) is 5.43. The molecule has 0 fully saturated rings. The van der Waals surface area contributed by atoms with Crippen LogP contribution in [0.15, 0.2) is 30.3 Å². The minimum Gasteiger partial charge on any atom is -0.347 e. The van der Waals surface area contributed by atoms with Crippen molar-refractivity contribution in [2.24, 2.45) is 0 Å². The number of hydrogen-bond donors (Lipinski definition) is 1. The number of thiophene rings is 1. The first kappa shape index (κ1) is 14.4. The molecule has 0 saturated heterocycles. The summed E-state index contributed by atoms with van der Waals surface area (Å²) in [6.45, 7) is 0.125. The molecule has 8 heteroatoms. The van der Waals surface area contributed by atoms with Crippen LogP contribution in [0.2, 0.25) is 4.34 Å². The van der Waals surface area contributed by atoms with Crippen LogP contribution in [0.1, 0.15) is 15.2 Å². The number of halogens is 2. The van der Waals surface area contributed by atoms with Crippen LogP contribution >= 0.6 is 22.9 Å². The van der Waals surface area contributed by atoms with Crippen LogP contribution in [0.25, 0.3) is 0 Å². The summed E-state index contributed by atoms with van der Waals surface area (Å²) in [7, 11) is 0. The Kier molecular flexibility index (Phi) is 4.31. The zero-order valence-corrected chi connectivity index (χ0v) is 11.5. The lowest BCUT2D eigenvalue weighted by Crippen LogP contribution is -2.21. The molecule has 0 radical (unpaired) electrons. The monoisotopic (exact) mass is 314 g/mol. The van der Waals surface area contributed by atoms with Crippen LogP contribution in [-0.2, 0) is 6.54 Å². The van der Waals surface area contributed by atoms with Gasteiger partial charge in [-0.2, -0.15) is 0 Å². The van der Waals surface area contributed by atoms with Crippen LogP contribution < -0.4 is 5.32 Å². The maximum atomic E-state index is 13.0. The molecular weight excluding hydrogens is 307 g/mol. The van der Waals surface area contributed by atoms with E-state index in [-0.39, 0.29) is 21.4 Å². The zero-order valence-electron chi connectivity index (χ0n) is 9.93. The number of nitro groups is 1. The Morgan fingerprint density at radius 1 is 1.45 bits per heavy atom. The maximum Gasteiger partial charge on any atom is 0.299 e. The van der Waals surface area contributed by atoms with Gasteiger partial charge >= 0.3 is 0 Å². The van der Waals surface area contributed by atoms with E-state index in [0.29, 0.717) is 5.56 Å². The van der Waals surface area contributed by atoms with Crippen molar-refractivity contribution >= 4 is 34.5 Å². The fraction of sp³-hybridized carbons (Fsp3) is 0.0833. The van der Waals surface area contributed by atoms with Crippen molar-refractivity contribution in [2.75, 3.05) is 0 Å². The van der Waals surface area contributed by atoms with Crippen LogP contribution in [0.4, 0.5) is 10.1 Å². The number of nitrogens with one attached hydrogen (secondary N) is 1. The van der Waals surface area contributed by atoms with Gasteiger partial charge in [-0.1, -0.05) is 23.7 Å². The predicted octanol–water partition coefficient (Wildman–Crippen LogP) is 3.38. The second-order valence-corrected chi connectivity index (χ2v) is 5.49. The Labute approximate surface area is 122 Å². The summed E-state index contributed by atoms with van der Waals surface area (Å²) in [6, 6.07) is 6.91. The smallest absolute Gasteiger partial charge is 0.299 e. The van der Waals surface area contributed by atoms with Gasteiger partial charge in [-0.15, -0.1) is 11.3 Å². The second kappa shape index (κ2) is 5.98. The molecular formula is C12H8ClFN2O3S. The van der Waals surface area contributed by atoms with Crippen LogP contribution in [0.5, 0.6) is 0 Å². The van der Waals surface area contributed by atoms with E-state index in [2.05, 4.69) is 5.32 Å². The molecule has 1 aromatic carbocycles. The molecule has 5 nitrogen and oxygen atoms in total. The second-order valence-electron chi connectivity index (χ2n) is 3.84. The van der Waals surface area contributed by atoms with Gasteiger partial charge in [0.2, 0.25) is 0 Å². The lowest BCUT2D eigenvalue weighted by molar-refractivity contribution is -0.384. The van der Waals surface area contributed by atoms with E-state index in [9.17, 15) is 19.3 Å². The number of amides is 1. The van der Waals surface area contributed by atoms with Crippen molar-refractivity contribution in [1.82, 2.24) is 5.32 Å². The lowest BCUT2D eigenvalue weighted by Gasteiger charge is -2.03. The van der Waals surface area contributed by atoms with Gasteiger partial charge in [0.1, 0.15) is 10.7 Å². The quantitative estimate of drug-likeness (QED) is 0.694. The van der Waals surface area contributed by atoms with Crippen LogP contribution in [-0.4, -0.2) is 10.8 Å². The van der Waals surface area contributed by atoms with Crippen molar-refractivity contribution in [3.8, 4) is 0 Å². The molecule has 20 heavy (non-hydrogen) atoms. The summed E-state index contributed by atoms with van der Waals surface area (Å²) < 4.78 is 12.9. The molecule has 104 valence electrons. The molecule has 1 aromatic heterocycles. The summed E-state index contributed by atoms with van der Waals surface area (Å²) in [5.74, 6) is -0.888. The number of benzene rings is 1. The summed E-state index contributed by atoms with van der Waals surface area (Å²) in [5.41, 5.74) is 0.295. The SMILES string of the molecule is O=C(NCc1cccc(F)c1)c1cc([N+](=O)[O-])c(Cl)s1. The number of carbonyl (C=O) groups excluding carboxylic acids is 1. The molecule has 2 rings (SSSR count). The van der Waals surface area contributed by atoms with E-state index < -0.39 is 16.6 Å². The average molecular weight is 315 g/mol. The molecule has 0 aliphatic carbocycles. The highest BCUT2D eigenvalue weighted by atomic mass is 35.5. The Bertz CT molecular complexity index is 674. The van der Waals surface area contributed by atoms with Gasteiger partial charge in [-0.3, -0.25) is 14.9 Å². The van der Waals surface area contributed by atoms with Gasteiger partial charge in [0.25, 0.3) is 11.6 Å². The summed E-state index contributed by atoms with van der Waals surface area (Å²) in [4.78, 5) is 21.9. The Morgan fingerprint density at radius 3 is 2.80 bits per heavy atom. The van der Waals surface area contributed by atoms with Crippen LogP contribution in [0.3, 0.4) is 0 Å². The Morgan fingerprint density at radius 2 is 2.20 bits per heavy atom. The lowest BCUT2D eigenvalue weighted by atomic mass is 10.2. The normalized spacial score (nSPS) is 10.3. The highest BCUT2D eigenvalue weighted by Crippen LogP contribution is 2.33. The van der Waals surface area contributed by atoms with Crippen LogP contribution in [0, 0.1) is 15.9 Å². The third-order valence-electron chi connectivity index (χ3n) is 2.43. The van der Waals surface area contributed by atoms with Gasteiger partial charge in [-0.25, -0.2) is 4.39 Å². The third-order valence-corrected chi connectivity index (χ3v) is 3.77. The van der Waals surface area contributed by atoms with E-state index >= 15 is 0 Å². The highest BCUT2D eigenvalue weighted by molar-refractivity contribution is 7.18. The van der Waals surface area contributed by atoms with Crippen molar-refractivity contribution < 1.29 is 14.1 Å². The van der Waals surface area contributed by atoms with Gasteiger partial charge in [-0.05, 0) is 17.7 Å². The Hall–Kier alpha value is -1.99. The van der Waals surface area contributed by atoms with Crippen molar-refractivity contribution in [3.05, 3.63) is 61.0 Å². The molecule has 0 unspecified atom stereocenters. The average Bonchev–Trinajstić information content (AvgIpc) is 2.78. The summed E-state index contributed by atoms with van der Waals surface area (Å²) in [5, 5.41) is 13.2. The predicted molar refractivity (Wildman–Crippen MR) is 73.6 cm³/mol. The van der Waals surface area contributed by atoms with E-state index in [0.717, 1.165) is 17.4 Å². The van der Waals surface area contributed by atoms with E-state index in [1.807, 2.05) is 0 Å². The number of rotatable bonds is 4. The van der Waals surface area contributed by atoms with Crippen molar-refractivity contribution in [2.45, 2.75) is 6.54 Å². The fourth-order valence-corrected chi connectivity index (χ4v) is 2.65. The standard InChI is InChI=1S/C12H8ClFN2O3S/c13-11-9(16(18)19)5-10(20-11)12(17)15-6-7-2-1-3-8(14)4-7/h1-5H,6H2,(H,15,17). The van der Waals surface area contributed by atoms with Crippen molar-refractivity contribution in [3.63, 3.8) is 0 Å². The van der Waals surface area contributed by atoms with Gasteiger partial charge < -0.3 is 5.32 Å². The van der Waals surface area contributed by atoms with Gasteiger partial charge in [0, 0.05) is 12.6 Å². The summed E-state index contributed by atoms with van der Waals surface area (Å²) >= 11 is 6.50. The van der Waals surface area contributed by atoms with Gasteiger partial charge in [0.15, 0.2) is 4.34 Å². The molecule has 0 atom stereocenters. The molecule has 2 aromatic rings. The van der Waals surface area contributed by atoms with E-state index in [1.54, 1.807) is 6.07 Å². The number of hydrogen-bond acceptors (Lipinski definition) is 4. The number of nitrogens with zero attached hydrogens (tertiary/aromatic N) is 1. The molecule has 0 aliphatic heterocycles. The minimum absolute atomic E-state index is 0.0501. The first-order valence-corrected chi connectivity index (χ1v) is 6.63. The minimum atomic E-state index is -0.651. The van der Waals surface area contributed by atoms with E-state index in [4.69, 9.17) is 11.6 Å². The largest absolute Gasteiger partial charge is 0.347 e. The molecule has 0 aliphatic rings. The molecule has 1 heterocycles. The Balaban J connectivity index is 2.05. The molecule has 0 saturated carbocycles.